The van der Waals surface area contributed by atoms with E-state index in [2.05, 4.69) is 5.32 Å². The lowest BCUT2D eigenvalue weighted by Gasteiger charge is -2.52. The Labute approximate surface area is 214 Å². The summed E-state index contributed by atoms with van der Waals surface area (Å²) in [5.74, 6) is 0.475. The van der Waals surface area contributed by atoms with Crippen LogP contribution in [0, 0.1) is 0 Å². The van der Waals surface area contributed by atoms with Crippen molar-refractivity contribution < 1.29 is 27.5 Å². The Bertz CT molecular complexity index is 1170. The number of rotatable bonds is 4. The summed E-state index contributed by atoms with van der Waals surface area (Å²) in [6, 6.07) is 7.55. The molecule has 1 saturated heterocycles. The summed E-state index contributed by atoms with van der Waals surface area (Å²) in [5.41, 5.74) is 0.0246. The van der Waals surface area contributed by atoms with Crippen LogP contribution in [0.5, 0.6) is 5.75 Å². The third-order valence-electron chi connectivity index (χ3n) is 7.16. The van der Waals surface area contributed by atoms with Crippen LogP contribution in [0.15, 0.2) is 30.3 Å². The lowest BCUT2D eigenvalue weighted by atomic mass is 9.81. The second-order valence-electron chi connectivity index (χ2n) is 10.0. The molecule has 1 aromatic carbocycles. The van der Waals surface area contributed by atoms with Gasteiger partial charge in [0.2, 0.25) is 0 Å². The first-order valence-electron chi connectivity index (χ1n) is 12.4. The highest BCUT2D eigenvalue weighted by molar-refractivity contribution is 5.95. The zero-order valence-corrected chi connectivity index (χ0v) is 21.9. The number of nitrogens with zero attached hydrogens (tertiary/aromatic N) is 4. The minimum Gasteiger partial charge on any atom is -0.489 e. The average Bonchev–Trinajstić information content (AvgIpc) is 3.30. The molecule has 0 bridgehead atoms. The predicted octanol–water partition coefficient (Wildman–Crippen LogP) is 4.46. The Kier molecular flexibility index (Phi) is 7.09. The minimum atomic E-state index is -4.49. The molecule has 37 heavy (non-hydrogen) atoms. The van der Waals surface area contributed by atoms with E-state index in [1.807, 2.05) is 13.8 Å². The molecule has 1 fully saturated rings. The van der Waals surface area contributed by atoms with Gasteiger partial charge in [-0.1, -0.05) is 0 Å². The van der Waals surface area contributed by atoms with Crippen molar-refractivity contribution in [3.63, 3.8) is 0 Å². The molecule has 1 spiro atoms. The van der Waals surface area contributed by atoms with E-state index in [4.69, 9.17) is 4.74 Å². The van der Waals surface area contributed by atoms with Crippen molar-refractivity contribution in [2.24, 2.45) is 0 Å². The zero-order chi connectivity index (χ0) is 27.1. The number of nitrogens with one attached hydrogen (secondary N) is 1. The smallest absolute Gasteiger partial charge is 0.431 e. The molecule has 0 unspecified atom stereocenters. The van der Waals surface area contributed by atoms with Crippen molar-refractivity contribution >= 4 is 17.6 Å². The van der Waals surface area contributed by atoms with Gasteiger partial charge in [0, 0.05) is 58.6 Å². The molecule has 2 aromatic rings. The summed E-state index contributed by atoms with van der Waals surface area (Å²) in [4.78, 5) is 31.3. The van der Waals surface area contributed by atoms with Crippen LogP contribution in [0.1, 0.15) is 48.4 Å². The van der Waals surface area contributed by atoms with E-state index in [0.29, 0.717) is 48.6 Å². The lowest BCUT2D eigenvalue weighted by Crippen LogP contribution is -2.61. The number of alkyl halides is 3. The van der Waals surface area contributed by atoms with Gasteiger partial charge in [-0.15, -0.1) is 0 Å². The van der Waals surface area contributed by atoms with E-state index in [-0.39, 0.29) is 31.1 Å². The quantitative estimate of drug-likeness (QED) is 0.645. The molecule has 3 amide bonds. The molecule has 3 heterocycles. The van der Waals surface area contributed by atoms with Crippen LogP contribution < -0.4 is 10.1 Å². The molecular weight excluding hydrogens is 487 g/mol. The first-order valence-corrected chi connectivity index (χ1v) is 12.4. The lowest BCUT2D eigenvalue weighted by molar-refractivity contribution is -0.144. The number of anilines is 1. The van der Waals surface area contributed by atoms with Crippen LogP contribution in [0.2, 0.25) is 0 Å². The standard InChI is InChI=1S/C26H34F3N5O3/c1-17(2)37-20-7-6-18(16-19(20)30-3)23(35)32-12-10-25(11-13-32)21-8-9-22(26(27,28)29)33(21)14-15-34(25)24(36)31(4)5/h6-9,16-17,30H,10-15H2,1-5H3. The Hall–Kier alpha value is -3.37. The number of likely N-dealkylation sites (tertiary alicyclic amines) is 1. The van der Waals surface area contributed by atoms with Gasteiger partial charge in [0.25, 0.3) is 5.91 Å². The van der Waals surface area contributed by atoms with E-state index in [9.17, 15) is 22.8 Å². The number of carbonyl (C=O) groups excluding carboxylic acids is 2. The van der Waals surface area contributed by atoms with Crippen LogP contribution in [0.4, 0.5) is 23.7 Å². The number of benzene rings is 1. The third kappa shape index (κ3) is 4.83. The number of amides is 3. The van der Waals surface area contributed by atoms with E-state index in [1.165, 1.54) is 15.5 Å². The minimum absolute atomic E-state index is 0.0212. The molecule has 0 radical (unpaired) electrons. The van der Waals surface area contributed by atoms with E-state index in [1.54, 1.807) is 49.1 Å². The van der Waals surface area contributed by atoms with Gasteiger partial charge in [-0.25, -0.2) is 4.79 Å². The summed E-state index contributed by atoms with van der Waals surface area (Å²) < 4.78 is 48.2. The molecule has 202 valence electrons. The van der Waals surface area contributed by atoms with Crippen LogP contribution in [-0.2, 0) is 18.3 Å². The summed E-state index contributed by atoms with van der Waals surface area (Å²) >= 11 is 0. The second kappa shape index (κ2) is 9.83. The maximum absolute atomic E-state index is 13.7. The molecule has 1 aromatic heterocycles. The first-order chi connectivity index (χ1) is 17.4. The van der Waals surface area contributed by atoms with Crippen LogP contribution in [0.3, 0.4) is 0 Å². The van der Waals surface area contributed by atoms with Gasteiger partial charge in [-0.2, -0.15) is 13.2 Å². The van der Waals surface area contributed by atoms with Gasteiger partial charge in [0.15, 0.2) is 0 Å². The summed E-state index contributed by atoms with van der Waals surface area (Å²) in [5, 5.41) is 3.06. The Morgan fingerprint density at radius 1 is 1.05 bits per heavy atom. The van der Waals surface area contributed by atoms with E-state index < -0.39 is 17.4 Å². The fraction of sp³-hybridized carbons (Fsp3) is 0.538. The molecule has 0 saturated carbocycles. The summed E-state index contributed by atoms with van der Waals surface area (Å²) in [6.07, 6.45) is -3.83. The van der Waals surface area contributed by atoms with Crippen molar-refractivity contribution in [3.05, 3.63) is 47.3 Å². The predicted molar refractivity (Wildman–Crippen MR) is 134 cm³/mol. The Morgan fingerprint density at radius 2 is 1.73 bits per heavy atom. The molecule has 4 rings (SSSR count). The number of hydrogen-bond donors (Lipinski definition) is 1. The Balaban J connectivity index is 1.62. The maximum Gasteiger partial charge on any atom is 0.431 e. The Morgan fingerprint density at radius 3 is 2.30 bits per heavy atom. The van der Waals surface area contributed by atoms with Gasteiger partial charge in [0.1, 0.15) is 11.4 Å². The number of aromatic nitrogens is 1. The van der Waals surface area contributed by atoms with Gasteiger partial charge < -0.3 is 29.3 Å². The number of urea groups is 1. The monoisotopic (exact) mass is 521 g/mol. The van der Waals surface area contributed by atoms with E-state index in [0.717, 1.165) is 6.07 Å². The number of piperidine rings is 1. The molecular formula is C26H34F3N5O3. The largest absolute Gasteiger partial charge is 0.489 e. The molecule has 1 N–H and O–H groups in total. The number of ether oxygens (including phenoxy) is 1. The van der Waals surface area contributed by atoms with Crippen molar-refractivity contribution in [2.45, 2.75) is 51.1 Å². The molecule has 2 aliphatic rings. The first kappa shape index (κ1) is 26.7. The summed E-state index contributed by atoms with van der Waals surface area (Å²) in [7, 11) is 5.02. The van der Waals surface area contributed by atoms with Crippen molar-refractivity contribution in [1.29, 1.82) is 0 Å². The topological polar surface area (TPSA) is 70.1 Å². The van der Waals surface area contributed by atoms with Gasteiger partial charge >= 0.3 is 12.2 Å². The van der Waals surface area contributed by atoms with E-state index >= 15 is 0 Å². The number of hydrogen-bond acceptors (Lipinski definition) is 4. The van der Waals surface area contributed by atoms with Gasteiger partial charge in [0.05, 0.1) is 17.3 Å². The van der Waals surface area contributed by atoms with Crippen LogP contribution >= 0.6 is 0 Å². The number of fused-ring (bicyclic) bond motifs is 2. The molecule has 0 atom stereocenters. The number of halogens is 3. The average molecular weight is 522 g/mol. The number of carbonyl (C=O) groups is 2. The van der Waals surface area contributed by atoms with Crippen molar-refractivity contribution in [3.8, 4) is 5.75 Å². The molecule has 0 aliphatic carbocycles. The molecule has 11 heteroatoms. The van der Waals surface area contributed by atoms with Crippen molar-refractivity contribution in [2.75, 3.05) is 46.1 Å². The normalized spacial score (nSPS) is 17.1. The summed E-state index contributed by atoms with van der Waals surface area (Å²) in [6.45, 7) is 4.69. The van der Waals surface area contributed by atoms with Crippen LogP contribution in [0.25, 0.3) is 0 Å². The maximum atomic E-state index is 13.7. The van der Waals surface area contributed by atoms with Crippen LogP contribution in [-0.4, -0.2) is 78.1 Å². The van der Waals surface area contributed by atoms with Gasteiger partial charge in [-0.3, -0.25) is 4.79 Å². The molecule has 8 nitrogen and oxygen atoms in total. The van der Waals surface area contributed by atoms with Crippen molar-refractivity contribution in [1.82, 2.24) is 19.3 Å². The fourth-order valence-electron chi connectivity index (χ4n) is 5.44. The highest BCUT2D eigenvalue weighted by atomic mass is 19.4. The second-order valence-corrected chi connectivity index (χ2v) is 10.0. The zero-order valence-electron chi connectivity index (χ0n) is 21.9. The highest BCUT2D eigenvalue weighted by Crippen LogP contribution is 2.45. The highest BCUT2D eigenvalue weighted by Gasteiger charge is 2.50. The molecule has 2 aliphatic heterocycles. The van der Waals surface area contributed by atoms with Gasteiger partial charge in [-0.05, 0) is 57.0 Å². The SMILES string of the molecule is CNc1cc(C(=O)N2CCC3(CC2)c2ccc(C(F)(F)F)n2CCN3C(=O)N(C)C)ccc1OC(C)C. The fourth-order valence-corrected chi connectivity index (χ4v) is 5.44. The third-order valence-corrected chi connectivity index (χ3v) is 7.16.